The van der Waals surface area contributed by atoms with Crippen molar-refractivity contribution in [1.82, 2.24) is 5.32 Å². The van der Waals surface area contributed by atoms with Crippen molar-refractivity contribution in [1.29, 1.82) is 0 Å². The zero-order chi connectivity index (χ0) is 22.1. The van der Waals surface area contributed by atoms with Gasteiger partial charge in [-0.15, -0.1) is 0 Å². The summed E-state index contributed by atoms with van der Waals surface area (Å²) in [5.41, 5.74) is 0.818. The standard InChI is InChI=1S/C21H27FN2O5S/c1-4-29-20-14-16(11-12-19(20)28-2)15-23-21(25)10-7-13-24(30(3,26)27)18-9-6-5-8-17(18)22/h5-6,8-9,11-12,14H,4,7,10,13,15H2,1-3H3,(H,23,25). The Morgan fingerprint density at radius 3 is 2.53 bits per heavy atom. The molecule has 1 amide bonds. The minimum absolute atomic E-state index is 0.00418. The van der Waals surface area contributed by atoms with Crippen molar-refractivity contribution >= 4 is 21.6 Å². The van der Waals surface area contributed by atoms with Crippen LogP contribution in [-0.4, -0.2) is 40.8 Å². The molecule has 0 atom stereocenters. The van der Waals surface area contributed by atoms with E-state index in [1.807, 2.05) is 13.0 Å². The molecule has 0 fully saturated rings. The van der Waals surface area contributed by atoms with Crippen LogP contribution in [-0.2, 0) is 21.4 Å². The minimum atomic E-state index is -3.67. The molecule has 0 bridgehead atoms. The molecule has 2 aromatic carbocycles. The summed E-state index contributed by atoms with van der Waals surface area (Å²) in [6.07, 6.45) is 1.37. The number of benzene rings is 2. The van der Waals surface area contributed by atoms with E-state index in [-0.39, 0.29) is 31.0 Å². The molecule has 0 saturated carbocycles. The van der Waals surface area contributed by atoms with E-state index in [4.69, 9.17) is 9.47 Å². The molecule has 2 rings (SSSR count). The second kappa shape index (κ2) is 10.8. The first kappa shape index (κ1) is 23.5. The van der Waals surface area contributed by atoms with Crippen molar-refractivity contribution in [3.8, 4) is 11.5 Å². The first-order chi connectivity index (χ1) is 14.3. The van der Waals surface area contributed by atoms with Crippen LogP contribution < -0.4 is 19.1 Å². The van der Waals surface area contributed by atoms with E-state index < -0.39 is 15.8 Å². The van der Waals surface area contributed by atoms with Gasteiger partial charge in [0.25, 0.3) is 0 Å². The molecule has 164 valence electrons. The maximum absolute atomic E-state index is 14.0. The monoisotopic (exact) mass is 438 g/mol. The number of hydrogen-bond donors (Lipinski definition) is 1. The summed E-state index contributed by atoms with van der Waals surface area (Å²) in [4.78, 5) is 12.2. The van der Waals surface area contributed by atoms with Gasteiger partial charge in [0.15, 0.2) is 11.5 Å². The number of hydrogen-bond acceptors (Lipinski definition) is 5. The highest BCUT2D eigenvalue weighted by molar-refractivity contribution is 7.92. The van der Waals surface area contributed by atoms with Crippen LogP contribution in [0.3, 0.4) is 0 Å². The normalized spacial score (nSPS) is 11.1. The summed E-state index contributed by atoms with van der Waals surface area (Å²) in [5.74, 6) is 0.351. The average molecular weight is 439 g/mol. The van der Waals surface area contributed by atoms with E-state index in [0.29, 0.717) is 24.7 Å². The largest absolute Gasteiger partial charge is 0.493 e. The van der Waals surface area contributed by atoms with E-state index in [2.05, 4.69) is 5.32 Å². The number of sulfonamides is 1. The quantitative estimate of drug-likeness (QED) is 0.583. The van der Waals surface area contributed by atoms with Gasteiger partial charge in [0.2, 0.25) is 15.9 Å². The van der Waals surface area contributed by atoms with E-state index in [1.165, 1.54) is 18.2 Å². The van der Waals surface area contributed by atoms with E-state index in [9.17, 15) is 17.6 Å². The van der Waals surface area contributed by atoms with Gasteiger partial charge >= 0.3 is 0 Å². The Hall–Kier alpha value is -2.81. The number of nitrogens with zero attached hydrogens (tertiary/aromatic N) is 1. The second-order valence-electron chi connectivity index (χ2n) is 6.59. The van der Waals surface area contributed by atoms with E-state index in [1.54, 1.807) is 25.3 Å². The predicted octanol–water partition coefficient (Wildman–Crippen LogP) is 3.10. The SMILES string of the molecule is CCOc1cc(CNC(=O)CCCN(c2ccccc2F)S(C)(=O)=O)ccc1OC. The Labute approximate surface area is 176 Å². The van der Waals surface area contributed by atoms with Gasteiger partial charge in [0.05, 0.1) is 25.7 Å². The molecule has 0 spiro atoms. The summed E-state index contributed by atoms with van der Waals surface area (Å²) in [7, 11) is -2.12. The number of anilines is 1. The topological polar surface area (TPSA) is 84.9 Å². The Morgan fingerprint density at radius 1 is 1.17 bits per heavy atom. The third kappa shape index (κ3) is 6.62. The van der Waals surface area contributed by atoms with Gasteiger partial charge in [-0.05, 0) is 43.2 Å². The molecule has 1 N–H and O–H groups in total. The lowest BCUT2D eigenvalue weighted by molar-refractivity contribution is -0.121. The van der Waals surface area contributed by atoms with Gasteiger partial charge in [-0.3, -0.25) is 9.10 Å². The first-order valence-electron chi connectivity index (χ1n) is 9.55. The predicted molar refractivity (Wildman–Crippen MR) is 114 cm³/mol. The third-order valence-electron chi connectivity index (χ3n) is 4.30. The molecule has 0 aromatic heterocycles. The Kier molecular flexibility index (Phi) is 8.46. The summed E-state index contributed by atoms with van der Waals surface area (Å²) in [6, 6.07) is 11.0. The fourth-order valence-corrected chi connectivity index (χ4v) is 3.86. The molecule has 0 radical (unpaired) electrons. The van der Waals surface area contributed by atoms with Crippen molar-refractivity contribution in [3.63, 3.8) is 0 Å². The van der Waals surface area contributed by atoms with Crippen molar-refractivity contribution in [2.24, 2.45) is 0 Å². The lowest BCUT2D eigenvalue weighted by Crippen LogP contribution is -2.32. The zero-order valence-electron chi connectivity index (χ0n) is 17.4. The Bertz CT molecular complexity index is 966. The minimum Gasteiger partial charge on any atom is -0.493 e. The first-order valence-corrected chi connectivity index (χ1v) is 11.4. The molecule has 0 unspecified atom stereocenters. The molecule has 0 aliphatic heterocycles. The van der Waals surface area contributed by atoms with Crippen LogP contribution >= 0.6 is 0 Å². The van der Waals surface area contributed by atoms with Crippen LogP contribution in [0.1, 0.15) is 25.3 Å². The van der Waals surface area contributed by atoms with Crippen molar-refractivity contribution in [3.05, 3.63) is 53.8 Å². The lowest BCUT2D eigenvalue weighted by Gasteiger charge is -2.22. The Morgan fingerprint density at radius 2 is 1.90 bits per heavy atom. The van der Waals surface area contributed by atoms with Gasteiger partial charge in [0, 0.05) is 19.5 Å². The van der Waals surface area contributed by atoms with Crippen LogP contribution in [0.5, 0.6) is 11.5 Å². The number of carbonyl (C=O) groups is 1. The number of para-hydroxylation sites is 1. The summed E-state index contributed by atoms with van der Waals surface area (Å²) >= 11 is 0. The highest BCUT2D eigenvalue weighted by Gasteiger charge is 2.20. The summed E-state index contributed by atoms with van der Waals surface area (Å²) < 4.78 is 49.8. The van der Waals surface area contributed by atoms with Crippen LogP contribution in [0, 0.1) is 5.82 Å². The Balaban J connectivity index is 1.91. The maximum Gasteiger partial charge on any atom is 0.232 e. The smallest absolute Gasteiger partial charge is 0.232 e. The number of amides is 1. The molecule has 2 aromatic rings. The van der Waals surface area contributed by atoms with Crippen LogP contribution in [0.25, 0.3) is 0 Å². The zero-order valence-corrected chi connectivity index (χ0v) is 18.2. The van der Waals surface area contributed by atoms with Gasteiger partial charge < -0.3 is 14.8 Å². The highest BCUT2D eigenvalue weighted by atomic mass is 32.2. The van der Waals surface area contributed by atoms with Crippen molar-refractivity contribution < 1.29 is 27.1 Å². The summed E-state index contributed by atoms with van der Waals surface area (Å²) in [5, 5.41) is 2.79. The fraction of sp³-hybridized carbons (Fsp3) is 0.381. The number of rotatable bonds is 11. The maximum atomic E-state index is 14.0. The number of halogens is 1. The molecule has 30 heavy (non-hydrogen) atoms. The van der Waals surface area contributed by atoms with Crippen LogP contribution in [0.4, 0.5) is 10.1 Å². The molecule has 0 aliphatic carbocycles. The fourth-order valence-electron chi connectivity index (χ4n) is 2.89. The lowest BCUT2D eigenvalue weighted by atomic mass is 10.2. The van der Waals surface area contributed by atoms with Crippen molar-refractivity contribution in [2.75, 3.05) is 30.8 Å². The van der Waals surface area contributed by atoms with E-state index in [0.717, 1.165) is 16.1 Å². The third-order valence-corrected chi connectivity index (χ3v) is 5.48. The number of carbonyl (C=O) groups excluding carboxylic acids is 1. The number of methoxy groups -OCH3 is 1. The van der Waals surface area contributed by atoms with Crippen LogP contribution in [0.2, 0.25) is 0 Å². The average Bonchev–Trinajstić information content (AvgIpc) is 2.70. The molecule has 7 nitrogen and oxygen atoms in total. The van der Waals surface area contributed by atoms with E-state index >= 15 is 0 Å². The van der Waals surface area contributed by atoms with Gasteiger partial charge in [-0.1, -0.05) is 18.2 Å². The van der Waals surface area contributed by atoms with Crippen molar-refractivity contribution in [2.45, 2.75) is 26.3 Å². The molecular weight excluding hydrogens is 411 g/mol. The number of ether oxygens (including phenoxy) is 2. The highest BCUT2D eigenvalue weighted by Crippen LogP contribution is 2.28. The molecule has 0 aliphatic rings. The summed E-state index contributed by atoms with van der Waals surface area (Å²) in [6.45, 7) is 2.66. The van der Waals surface area contributed by atoms with Gasteiger partial charge in [0.1, 0.15) is 5.82 Å². The number of nitrogens with one attached hydrogen (secondary N) is 1. The molecule has 9 heteroatoms. The second-order valence-corrected chi connectivity index (χ2v) is 8.49. The molecular formula is C21H27FN2O5S. The molecule has 0 saturated heterocycles. The van der Waals surface area contributed by atoms with Gasteiger partial charge in [-0.25, -0.2) is 12.8 Å². The van der Waals surface area contributed by atoms with Gasteiger partial charge in [-0.2, -0.15) is 0 Å². The molecule has 0 heterocycles. The van der Waals surface area contributed by atoms with Crippen LogP contribution in [0.15, 0.2) is 42.5 Å².